The van der Waals surface area contributed by atoms with E-state index in [2.05, 4.69) is 16.9 Å². The number of hydrogen-bond donors (Lipinski definition) is 1. The van der Waals surface area contributed by atoms with Gasteiger partial charge < -0.3 is 9.72 Å². The molecule has 0 aliphatic carbocycles. The lowest BCUT2D eigenvalue weighted by Gasteiger charge is -2.03. The topological polar surface area (TPSA) is 50.8 Å². The third kappa shape index (κ3) is 1.42. The molecule has 0 radical (unpaired) electrons. The molecule has 4 aromatic rings. The maximum absolute atomic E-state index is 5.32. The first-order valence-electron chi connectivity index (χ1n) is 6.47. The molecule has 1 N–H and O–H groups in total. The molecule has 3 aromatic heterocycles. The average molecular weight is 263 g/mol. The zero-order chi connectivity index (χ0) is 13.7. The lowest BCUT2D eigenvalue weighted by Crippen LogP contribution is -1.87. The fraction of sp³-hybridized carbons (Fsp3) is 0.125. The number of nitrogens with zero attached hydrogens (tertiary/aromatic N) is 2. The Morgan fingerprint density at radius 3 is 2.90 bits per heavy atom. The number of fused-ring (bicyclic) bond motifs is 4. The second-order valence-corrected chi connectivity index (χ2v) is 4.89. The molecule has 0 bridgehead atoms. The van der Waals surface area contributed by atoms with E-state index < -0.39 is 0 Å². The molecule has 20 heavy (non-hydrogen) atoms. The number of ether oxygens (including phenoxy) is 1. The third-order valence-corrected chi connectivity index (χ3v) is 3.80. The van der Waals surface area contributed by atoms with Gasteiger partial charge >= 0.3 is 0 Å². The fourth-order valence-electron chi connectivity index (χ4n) is 2.78. The minimum absolute atomic E-state index is 0.851. The predicted molar refractivity (Wildman–Crippen MR) is 80.2 cm³/mol. The number of rotatable bonds is 1. The van der Waals surface area contributed by atoms with E-state index in [4.69, 9.17) is 9.72 Å². The first-order chi connectivity index (χ1) is 9.78. The Morgan fingerprint density at radius 1 is 1.15 bits per heavy atom. The average Bonchev–Trinajstić information content (AvgIpc) is 2.84. The van der Waals surface area contributed by atoms with Gasteiger partial charge in [-0.25, -0.2) is 4.98 Å². The van der Waals surface area contributed by atoms with Crippen molar-refractivity contribution in [3.63, 3.8) is 0 Å². The lowest BCUT2D eigenvalue weighted by atomic mass is 10.1. The van der Waals surface area contributed by atoms with Crippen LogP contribution in [0.2, 0.25) is 0 Å². The Hall–Kier alpha value is -2.62. The predicted octanol–water partition coefficient (Wildman–Crippen LogP) is 3.58. The highest BCUT2D eigenvalue weighted by Gasteiger charge is 2.12. The van der Waals surface area contributed by atoms with Gasteiger partial charge in [0.15, 0.2) is 0 Å². The van der Waals surface area contributed by atoms with E-state index >= 15 is 0 Å². The van der Waals surface area contributed by atoms with Gasteiger partial charge in [0.25, 0.3) is 0 Å². The first-order valence-corrected chi connectivity index (χ1v) is 6.47. The Balaban J connectivity index is 2.24. The van der Waals surface area contributed by atoms with Crippen molar-refractivity contribution in [1.82, 2.24) is 15.0 Å². The summed E-state index contributed by atoms with van der Waals surface area (Å²) in [5, 5.41) is 3.36. The highest BCUT2D eigenvalue weighted by molar-refractivity contribution is 6.12. The van der Waals surface area contributed by atoms with Gasteiger partial charge in [-0.1, -0.05) is 0 Å². The number of hydrogen-bond acceptors (Lipinski definition) is 3. The Kier molecular flexibility index (Phi) is 2.21. The number of aromatic amines is 1. The molecule has 98 valence electrons. The highest BCUT2D eigenvalue weighted by atomic mass is 16.5. The number of pyridine rings is 2. The van der Waals surface area contributed by atoms with E-state index in [1.165, 1.54) is 5.56 Å². The zero-order valence-corrected chi connectivity index (χ0v) is 11.3. The van der Waals surface area contributed by atoms with Gasteiger partial charge in [0.1, 0.15) is 11.4 Å². The molecular formula is C16H13N3O. The molecule has 0 spiro atoms. The van der Waals surface area contributed by atoms with E-state index in [1.54, 1.807) is 13.3 Å². The van der Waals surface area contributed by atoms with Gasteiger partial charge in [-0.05, 0) is 36.8 Å². The van der Waals surface area contributed by atoms with Gasteiger partial charge in [0.2, 0.25) is 0 Å². The van der Waals surface area contributed by atoms with Gasteiger partial charge in [-0.3, -0.25) is 4.98 Å². The summed E-state index contributed by atoms with van der Waals surface area (Å²) >= 11 is 0. The minimum Gasteiger partial charge on any atom is -0.497 e. The first kappa shape index (κ1) is 11.2. The normalized spacial score (nSPS) is 11.5. The SMILES string of the molecule is COc1ccc2[nH]c3nc4ccncc4c(C)c3c2c1. The quantitative estimate of drug-likeness (QED) is 0.571. The summed E-state index contributed by atoms with van der Waals surface area (Å²) in [5.41, 5.74) is 4.13. The van der Waals surface area contributed by atoms with Crippen molar-refractivity contribution >= 4 is 32.8 Å². The maximum atomic E-state index is 5.32. The molecule has 0 aliphatic rings. The fourth-order valence-corrected chi connectivity index (χ4v) is 2.78. The molecular weight excluding hydrogens is 250 g/mol. The van der Waals surface area contributed by atoms with Crippen LogP contribution in [0.1, 0.15) is 5.56 Å². The van der Waals surface area contributed by atoms with Gasteiger partial charge in [0, 0.05) is 34.1 Å². The summed E-state index contributed by atoms with van der Waals surface area (Å²) in [5.74, 6) is 0.851. The van der Waals surface area contributed by atoms with Crippen LogP contribution < -0.4 is 4.74 Å². The second kappa shape index (κ2) is 3.93. The summed E-state index contributed by atoms with van der Waals surface area (Å²) < 4.78 is 5.32. The van der Waals surface area contributed by atoms with Crippen LogP contribution in [0.4, 0.5) is 0 Å². The largest absolute Gasteiger partial charge is 0.497 e. The van der Waals surface area contributed by atoms with Gasteiger partial charge in [-0.2, -0.15) is 0 Å². The minimum atomic E-state index is 0.851. The van der Waals surface area contributed by atoms with Crippen LogP contribution in [0.25, 0.3) is 32.8 Å². The standard InChI is InChI=1S/C16H13N3O/c1-9-12-8-17-6-5-14(12)19-16-15(9)11-7-10(20-2)3-4-13(11)18-16/h3-8H,1-2H3,(H,18,19). The van der Waals surface area contributed by atoms with E-state index in [9.17, 15) is 0 Å². The summed E-state index contributed by atoms with van der Waals surface area (Å²) in [4.78, 5) is 12.3. The summed E-state index contributed by atoms with van der Waals surface area (Å²) in [7, 11) is 1.68. The second-order valence-electron chi connectivity index (χ2n) is 4.89. The molecule has 0 saturated heterocycles. The molecule has 0 fully saturated rings. The number of nitrogens with one attached hydrogen (secondary N) is 1. The van der Waals surface area contributed by atoms with Crippen LogP contribution in [0.15, 0.2) is 36.7 Å². The molecule has 0 aliphatic heterocycles. The van der Waals surface area contributed by atoms with Crippen LogP contribution in [-0.4, -0.2) is 22.1 Å². The van der Waals surface area contributed by atoms with Crippen molar-refractivity contribution in [3.8, 4) is 5.75 Å². The van der Waals surface area contributed by atoms with E-state index in [1.807, 2.05) is 30.5 Å². The molecule has 1 aromatic carbocycles. The number of aromatic nitrogens is 3. The third-order valence-electron chi connectivity index (χ3n) is 3.80. The van der Waals surface area contributed by atoms with E-state index in [0.717, 1.165) is 38.6 Å². The number of benzene rings is 1. The van der Waals surface area contributed by atoms with E-state index in [-0.39, 0.29) is 0 Å². The lowest BCUT2D eigenvalue weighted by molar-refractivity contribution is 0.415. The Morgan fingerprint density at radius 2 is 2.05 bits per heavy atom. The van der Waals surface area contributed by atoms with Crippen molar-refractivity contribution in [1.29, 1.82) is 0 Å². The number of methoxy groups -OCH3 is 1. The maximum Gasteiger partial charge on any atom is 0.139 e. The molecule has 0 saturated carbocycles. The monoisotopic (exact) mass is 263 g/mol. The molecule has 0 unspecified atom stereocenters. The zero-order valence-electron chi connectivity index (χ0n) is 11.3. The van der Waals surface area contributed by atoms with Crippen LogP contribution in [0, 0.1) is 6.92 Å². The number of aryl methyl sites for hydroxylation is 1. The summed E-state index contributed by atoms with van der Waals surface area (Å²) in [6.07, 6.45) is 3.64. The molecule has 0 atom stereocenters. The van der Waals surface area contributed by atoms with Crippen molar-refractivity contribution in [2.45, 2.75) is 6.92 Å². The van der Waals surface area contributed by atoms with Crippen molar-refractivity contribution in [2.75, 3.05) is 7.11 Å². The van der Waals surface area contributed by atoms with Crippen molar-refractivity contribution in [2.24, 2.45) is 0 Å². The van der Waals surface area contributed by atoms with Crippen LogP contribution in [0.3, 0.4) is 0 Å². The van der Waals surface area contributed by atoms with Gasteiger partial charge in [0.05, 0.1) is 12.6 Å². The smallest absolute Gasteiger partial charge is 0.139 e. The molecule has 4 rings (SSSR count). The van der Waals surface area contributed by atoms with Crippen LogP contribution >= 0.6 is 0 Å². The van der Waals surface area contributed by atoms with E-state index in [0.29, 0.717) is 0 Å². The summed E-state index contributed by atoms with van der Waals surface area (Å²) in [6, 6.07) is 7.96. The van der Waals surface area contributed by atoms with Gasteiger partial charge in [-0.15, -0.1) is 0 Å². The Bertz CT molecular complexity index is 956. The Labute approximate surface area is 115 Å². The molecule has 3 heterocycles. The molecule has 4 heteroatoms. The highest BCUT2D eigenvalue weighted by Crippen LogP contribution is 2.32. The van der Waals surface area contributed by atoms with Crippen LogP contribution in [0.5, 0.6) is 5.75 Å². The molecule has 0 amide bonds. The molecule has 4 nitrogen and oxygen atoms in total. The van der Waals surface area contributed by atoms with Crippen molar-refractivity contribution in [3.05, 3.63) is 42.2 Å². The number of H-pyrrole nitrogens is 1. The van der Waals surface area contributed by atoms with Crippen molar-refractivity contribution < 1.29 is 4.74 Å². The summed E-state index contributed by atoms with van der Waals surface area (Å²) in [6.45, 7) is 2.11. The van der Waals surface area contributed by atoms with Crippen LogP contribution in [-0.2, 0) is 0 Å².